The average molecular weight is 493 g/mol. The zero-order chi connectivity index (χ0) is 22.5. The van der Waals surface area contributed by atoms with Gasteiger partial charge in [-0.3, -0.25) is 9.69 Å². The molecule has 0 saturated carbocycles. The summed E-state index contributed by atoms with van der Waals surface area (Å²) in [6, 6.07) is 7.18. The minimum atomic E-state index is -0.668. The third-order valence-electron chi connectivity index (χ3n) is 4.17. The van der Waals surface area contributed by atoms with Gasteiger partial charge in [0.2, 0.25) is 5.76 Å². The minimum absolute atomic E-state index is 0.00534. The van der Waals surface area contributed by atoms with Gasteiger partial charge >= 0.3 is 18.0 Å². The predicted molar refractivity (Wildman–Crippen MR) is 109 cm³/mol. The Morgan fingerprint density at radius 1 is 1.16 bits per heavy atom. The molecule has 11 heteroatoms. The number of carbonyl (C=O) groups excluding carboxylic acids is 4. The van der Waals surface area contributed by atoms with Crippen LogP contribution in [0.25, 0.3) is 6.08 Å². The quantitative estimate of drug-likeness (QED) is 0.355. The molecule has 162 valence electrons. The molecule has 3 rings (SSSR count). The Morgan fingerprint density at radius 2 is 1.94 bits per heavy atom. The molecule has 1 fully saturated rings. The van der Waals surface area contributed by atoms with Crippen LogP contribution in [0, 0.1) is 0 Å². The summed E-state index contributed by atoms with van der Waals surface area (Å²) in [7, 11) is 2.45. The van der Waals surface area contributed by atoms with E-state index in [4.69, 9.17) is 9.15 Å². The lowest BCUT2D eigenvalue weighted by molar-refractivity contribution is -0.142. The van der Waals surface area contributed by atoms with Crippen molar-refractivity contribution in [1.82, 2.24) is 10.2 Å². The number of rotatable bonds is 7. The molecule has 31 heavy (non-hydrogen) atoms. The molecule has 2 heterocycles. The normalized spacial score (nSPS) is 14.5. The lowest BCUT2D eigenvalue weighted by Gasteiger charge is -2.10. The van der Waals surface area contributed by atoms with E-state index in [1.807, 2.05) is 0 Å². The first-order valence-corrected chi connectivity index (χ1v) is 9.62. The highest BCUT2D eigenvalue weighted by atomic mass is 79.9. The van der Waals surface area contributed by atoms with Crippen LogP contribution in [-0.4, -0.2) is 49.6 Å². The number of amides is 3. The second-order valence-electron chi connectivity index (χ2n) is 6.18. The van der Waals surface area contributed by atoms with Crippen molar-refractivity contribution in [1.29, 1.82) is 0 Å². The Balaban J connectivity index is 1.80. The van der Waals surface area contributed by atoms with Crippen LogP contribution in [0.3, 0.4) is 0 Å². The Kier molecular flexibility index (Phi) is 6.75. The monoisotopic (exact) mass is 492 g/mol. The molecule has 2 aromatic rings. The number of esters is 2. The van der Waals surface area contributed by atoms with Crippen LogP contribution >= 0.6 is 15.9 Å². The molecule has 10 nitrogen and oxygen atoms in total. The fourth-order valence-electron chi connectivity index (χ4n) is 2.66. The molecular formula is C20H17BrN2O8. The van der Waals surface area contributed by atoms with Gasteiger partial charge < -0.3 is 23.9 Å². The van der Waals surface area contributed by atoms with E-state index in [1.165, 1.54) is 32.4 Å². The van der Waals surface area contributed by atoms with Crippen LogP contribution in [-0.2, 0) is 25.6 Å². The van der Waals surface area contributed by atoms with Crippen molar-refractivity contribution in [2.75, 3.05) is 20.8 Å². The topological polar surface area (TPSA) is 124 Å². The molecular weight excluding hydrogens is 476 g/mol. The van der Waals surface area contributed by atoms with Gasteiger partial charge in [-0.2, -0.15) is 0 Å². The first kappa shape index (κ1) is 22.1. The fraction of sp³-hybridized carbons (Fsp3) is 0.200. The number of hydrogen-bond donors (Lipinski definition) is 1. The van der Waals surface area contributed by atoms with Gasteiger partial charge in [0.05, 0.1) is 20.8 Å². The number of methoxy groups -OCH3 is 2. The smallest absolute Gasteiger partial charge is 0.373 e. The van der Waals surface area contributed by atoms with Crippen LogP contribution in [0.5, 0.6) is 5.75 Å². The third kappa shape index (κ3) is 5.12. The molecule has 1 aromatic carbocycles. The fourth-order valence-corrected chi connectivity index (χ4v) is 3.04. The summed E-state index contributed by atoms with van der Waals surface area (Å²) in [5.41, 5.74) is 0.459. The molecule has 1 aliphatic heterocycles. The van der Waals surface area contributed by atoms with Crippen LogP contribution in [0.1, 0.15) is 21.9 Å². The predicted octanol–water partition coefficient (Wildman–Crippen LogP) is 2.47. The van der Waals surface area contributed by atoms with Gasteiger partial charge in [0, 0.05) is 10.0 Å². The van der Waals surface area contributed by atoms with E-state index in [0.29, 0.717) is 15.8 Å². The highest BCUT2D eigenvalue weighted by molar-refractivity contribution is 9.10. The molecule has 0 radical (unpaired) electrons. The Bertz CT molecular complexity index is 1070. The zero-order valence-electron chi connectivity index (χ0n) is 16.5. The molecule has 1 aromatic heterocycles. The van der Waals surface area contributed by atoms with E-state index in [2.05, 4.69) is 30.7 Å². The van der Waals surface area contributed by atoms with Crippen molar-refractivity contribution in [3.8, 4) is 5.75 Å². The Morgan fingerprint density at radius 3 is 2.65 bits per heavy atom. The summed E-state index contributed by atoms with van der Waals surface area (Å²) in [5, 5.41) is 2.49. The van der Waals surface area contributed by atoms with Crippen LogP contribution in [0.4, 0.5) is 4.79 Å². The van der Waals surface area contributed by atoms with E-state index in [1.54, 1.807) is 18.2 Å². The minimum Gasteiger partial charge on any atom is -0.481 e. The van der Waals surface area contributed by atoms with Crippen molar-refractivity contribution < 1.29 is 37.8 Å². The molecule has 3 amide bonds. The summed E-state index contributed by atoms with van der Waals surface area (Å²) in [5.74, 6) is -1.33. The first-order chi connectivity index (χ1) is 14.8. The molecule has 1 aliphatic rings. The number of urea groups is 1. The maximum Gasteiger partial charge on any atom is 0.373 e. The van der Waals surface area contributed by atoms with Crippen molar-refractivity contribution >= 4 is 45.9 Å². The molecule has 0 bridgehead atoms. The lowest BCUT2D eigenvalue weighted by atomic mass is 10.1. The van der Waals surface area contributed by atoms with E-state index in [0.717, 1.165) is 4.90 Å². The number of halogens is 1. The highest BCUT2D eigenvalue weighted by Gasteiger charge is 2.34. The number of imide groups is 1. The van der Waals surface area contributed by atoms with Crippen molar-refractivity contribution in [3.63, 3.8) is 0 Å². The van der Waals surface area contributed by atoms with Gasteiger partial charge in [0.15, 0.2) is 6.61 Å². The van der Waals surface area contributed by atoms with E-state index < -0.39 is 23.9 Å². The standard InChI is InChI=1S/C20H17BrN2O8/c1-28-17(24)10-30-15-5-3-12(21)7-11(15)8-14-18(25)23(20(27)22-14)9-13-4-6-16(31-13)19(26)29-2/h3-8H,9-10H2,1-2H3,(H,22,27)/b14-8-. The van der Waals surface area contributed by atoms with Crippen molar-refractivity contribution in [2.24, 2.45) is 0 Å². The maximum atomic E-state index is 12.7. The van der Waals surface area contributed by atoms with Gasteiger partial charge in [0.1, 0.15) is 17.2 Å². The van der Waals surface area contributed by atoms with Gasteiger partial charge in [-0.15, -0.1) is 0 Å². The van der Waals surface area contributed by atoms with Gasteiger partial charge in [-0.05, 0) is 36.4 Å². The van der Waals surface area contributed by atoms with E-state index in [9.17, 15) is 19.2 Å². The summed E-state index contributed by atoms with van der Waals surface area (Å²) >= 11 is 3.33. The van der Waals surface area contributed by atoms with Gasteiger partial charge in [-0.1, -0.05) is 15.9 Å². The highest BCUT2D eigenvalue weighted by Crippen LogP contribution is 2.27. The largest absolute Gasteiger partial charge is 0.481 e. The number of nitrogens with one attached hydrogen (secondary N) is 1. The van der Waals surface area contributed by atoms with Crippen molar-refractivity contribution in [2.45, 2.75) is 6.54 Å². The number of hydrogen-bond acceptors (Lipinski definition) is 8. The summed E-state index contributed by atoms with van der Waals surface area (Å²) in [6.45, 7) is -0.495. The molecule has 0 atom stereocenters. The second-order valence-corrected chi connectivity index (χ2v) is 7.10. The number of benzene rings is 1. The second kappa shape index (κ2) is 9.47. The molecule has 0 unspecified atom stereocenters. The average Bonchev–Trinajstić information content (AvgIpc) is 3.33. The summed E-state index contributed by atoms with van der Waals surface area (Å²) in [6.07, 6.45) is 1.43. The molecule has 1 N–H and O–H groups in total. The zero-order valence-corrected chi connectivity index (χ0v) is 18.1. The summed E-state index contributed by atoms with van der Waals surface area (Å²) in [4.78, 5) is 48.8. The number of ether oxygens (including phenoxy) is 3. The number of furan rings is 1. The summed E-state index contributed by atoms with van der Waals surface area (Å²) < 4.78 is 20.6. The van der Waals surface area contributed by atoms with Crippen LogP contribution in [0.2, 0.25) is 0 Å². The van der Waals surface area contributed by atoms with E-state index in [-0.39, 0.29) is 30.4 Å². The van der Waals surface area contributed by atoms with Crippen LogP contribution in [0.15, 0.2) is 44.9 Å². The van der Waals surface area contributed by atoms with Gasteiger partial charge in [0.25, 0.3) is 5.91 Å². The first-order valence-electron chi connectivity index (χ1n) is 8.83. The Hall–Kier alpha value is -3.60. The third-order valence-corrected chi connectivity index (χ3v) is 4.66. The molecule has 1 saturated heterocycles. The van der Waals surface area contributed by atoms with E-state index >= 15 is 0 Å². The Labute approximate surface area is 184 Å². The lowest BCUT2D eigenvalue weighted by Crippen LogP contribution is -2.30. The van der Waals surface area contributed by atoms with Crippen molar-refractivity contribution in [3.05, 3.63) is 57.6 Å². The number of carbonyl (C=O) groups is 4. The molecule has 0 spiro atoms. The number of nitrogens with zero attached hydrogens (tertiary/aromatic N) is 1. The molecule has 0 aliphatic carbocycles. The van der Waals surface area contributed by atoms with Gasteiger partial charge in [-0.25, -0.2) is 14.4 Å². The maximum absolute atomic E-state index is 12.7. The van der Waals surface area contributed by atoms with Crippen LogP contribution < -0.4 is 10.1 Å². The SMILES string of the molecule is COC(=O)COc1ccc(Br)cc1/C=C1\NC(=O)N(Cc2ccc(C(=O)OC)o2)C1=O.